The van der Waals surface area contributed by atoms with E-state index in [-0.39, 0.29) is 16.7 Å². The third kappa shape index (κ3) is 3.66. The van der Waals surface area contributed by atoms with E-state index in [2.05, 4.69) is 27.4 Å². The van der Waals surface area contributed by atoms with Crippen LogP contribution in [0.4, 0.5) is 11.5 Å². The molecule has 134 valence electrons. The average Bonchev–Trinajstić information content (AvgIpc) is 3.24. The number of anilines is 1. The van der Waals surface area contributed by atoms with E-state index in [1.165, 1.54) is 18.4 Å². The molecule has 0 saturated carbocycles. The molecule has 2 aromatic rings. The maximum Gasteiger partial charge on any atom is 0.333 e. The maximum atomic E-state index is 11.5. The van der Waals surface area contributed by atoms with Gasteiger partial charge in [-0.25, -0.2) is 4.68 Å². The lowest BCUT2D eigenvalue weighted by Gasteiger charge is -2.28. The van der Waals surface area contributed by atoms with Crippen LogP contribution in [-0.4, -0.2) is 39.2 Å². The third-order valence-corrected chi connectivity index (χ3v) is 4.84. The van der Waals surface area contributed by atoms with Crippen LogP contribution in [0.1, 0.15) is 37.1 Å². The Balaban J connectivity index is 1.84. The van der Waals surface area contributed by atoms with Crippen LogP contribution in [0.5, 0.6) is 0 Å². The number of aryl methyl sites for hydroxylation is 2. The first kappa shape index (κ1) is 17.4. The smallest absolute Gasteiger partial charge is 0.333 e. The van der Waals surface area contributed by atoms with Crippen molar-refractivity contribution in [1.82, 2.24) is 14.7 Å². The topological polar surface area (TPSA) is 76.2 Å². The first-order chi connectivity index (χ1) is 12.1. The highest BCUT2D eigenvalue weighted by Crippen LogP contribution is 2.31. The van der Waals surface area contributed by atoms with E-state index in [0.717, 1.165) is 13.1 Å². The molecule has 7 nitrogen and oxygen atoms in total. The van der Waals surface area contributed by atoms with Gasteiger partial charge in [-0.2, -0.15) is 5.10 Å². The molecule has 1 aromatic heterocycles. The van der Waals surface area contributed by atoms with Crippen molar-refractivity contribution >= 4 is 11.5 Å². The van der Waals surface area contributed by atoms with Gasteiger partial charge in [-0.1, -0.05) is 37.3 Å². The number of aromatic nitrogens is 2. The molecule has 0 aliphatic carbocycles. The summed E-state index contributed by atoms with van der Waals surface area (Å²) in [5.74, 6) is 0.488. The average molecular weight is 343 g/mol. The summed E-state index contributed by atoms with van der Waals surface area (Å²) in [6.45, 7) is 4.63. The summed E-state index contributed by atoms with van der Waals surface area (Å²) < 4.78 is 1.59. The van der Waals surface area contributed by atoms with E-state index in [0.29, 0.717) is 24.5 Å². The number of benzene rings is 1. The van der Waals surface area contributed by atoms with Crippen LogP contribution >= 0.6 is 0 Å². The number of nitrogens with one attached hydrogen (secondary N) is 1. The normalized spacial score (nSPS) is 16.1. The Morgan fingerprint density at radius 1 is 1.28 bits per heavy atom. The van der Waals surface area contributed by atoms with Crippen LogP contribution in [0, 0.1) is 10.1 Å². The number of likely N-dealkylation sites (tertiary alicyclic amines) is 1. The standard InChI is InChI=1S/C18H25N5O2/c1-3-15-17(23(24)25)18(21(2)20-15)19-13-16(22-11-7-8-12-22)14-9-5-4-6-10-14/h4-6,9-10,16,19H,3,7-8,11-13H2,1-2H3. The Labute approximate surface area is 147 Å². The van der Waals surface area contributed by atoms with Crippen LogP contribution in [0.25, 0.3) is 0 Å². The number of nitrogens with zero attached hydrogens (tertiary/aromatic N) is 4. The van der Waals surface area contributed by atoms with Crippen molar-refractivity contribution in [3.63, 3.8) is 0 Å². The summed E-state index contributed by atoms with van der Waals surface area (Å²) in [7, 11) is 1.75. The fourth-order valence-electron chi connectivity index (χ4n) is 3.58. The van der Waals surface area contributed by atoms with Crippen LogP contribution in [0.2, 0.25) is 0 Å². The minimum Gasteiger partial charge on any atom is -0.363 e. The second kappa shape index (κ2) is 7.65. The van der Waals surface area contributed by atoms with Gasteiger partial charge < -0.3 is 5.32 Å². The first-order valence-electron chi connectivity index (χ1n) is 8.85. The molecule has 1 aromatic carbocycles. The summed E-state index contributed by atoms with van der Waals surface area (Å²) in [5.41, 5.74) is 1.85. The molecule has 1 atom stereocenters. The molecule has 25 heavy (non-hydrogen) atoms. The molecule has 1 aliphatic rings. The van der Waals surface area contributed by atoms with Crippen molar-refractivity contribution in [2.45, 2.75) is 32.2 Å². The minimum absolute atomic E-state index is 0.0956. The summed E-state index contributed by atoms with van der Waals surface area (Å²) >= 11 is 0. The Morgan fingerprint density at radius 2 is 1.96 bits per heavy atom. The van der Waals surface area contributed by atoms with Gasteiger partial charge in [0.2, 0.25) is 5.82 Å². The van der Waals surface area contributed by atoms with Crippen molar-refractivity contribution in [2.24, 2.45) is 7.05 Å². The van der Waals surface area contributed by atoms with Gasteiger partial charge in [-0.3, -0.25) is 15.0 Å². The van der Waals surface area contributed by atoms with Crippen molar-refractivity contribution in [1.29, 1.82) is 0 Å². The molecule has 1 N–H and O–H groups in total. The van der Waals surface area contributed by atoms with Gasteiger partial charge in [0, 0.05) is 13.6 Å². The van der Waals surface area contributed by atoms with Gasteiger partial charge in [0.15, 0.2) is 0 Å². The van der Waals surface area contributed by atoms with Crippen molar-refractivity contribution in [2.75, 3.05) is 25.0 Å². The fraction of sp³-hybridized carbons (Fsp3) is 0.500. The van der Waals surface area contributed by atoms with Gasteiger partial charge >= 0.3 is 5.69 Å². The number of hydrogen-bond donors (Lipinski definition) is 1. The van der Waals surface area contributed by atoms with Gasteiger partial charge in [0.05, 0.1) is 11.0 Å². The second-order valence-electron chi connectivity index (χ2n) is 6.43. The van der Waals surface area contributed by atoms with Gasteiger partial charge in [-0.15, -0.1) is 0 Å². The molecule has 0 bridgehead atoms. The van der Waals surface area contributed by atoms with Gasteiger partial charge in [-0.05, 0) is 37.9 Å². The first-order valence-corrected chi connectivity index (χ1v) is 8.85. The number of hydrogen-bond acceptors (Lipinski definition) is 5. The fourth-order valence-corrected chi connectivity index (χ4v) is 3.58. The Morgan fingerprint density at radius 3 is 2.56 bits per heavy atom. The number of rotatable bonds is 7. The van der Waals surface area contributed by atoms with Crippen molar-refractivity contribution in [3.8, 4) is 0 Å². The van der Waals surface area contributed by atoms with E-state index < -0.39 is 0 Å². The van der Waals surface area contributed by atoms with Crippen LogP contribution in [-0.2, 0) is 13.5 Å². The van der Waals surface area contributed by atoms with Gasteiger partial charge in [0.25, 0.3) is 0 Å². The summed E-state index contributed by atoms with van der Waals surface area (Å²) in [4.78, 5) is 13.6. The lowest BCUT2D eigenvalue weighted by atomic mass is 10.1. The summed E-state index contributed by atoms with van der Waals surface area (Å²) in [6, 6.07) is 10.5. The van der Waals surface area contributed by atoms with Crippen LogP contribution in [0.3, 0.4) is 0 Å². The van der Waals surface area contributed by atoms with Crippen LogP contribution < -0.4 is 5.32 Å². The maximum absolute atomic E-state index is 11.5. The third-order valence-electron chi connectivity index (χ3n) is 4.84. The van der Waals surface area contributed by atoms with Crippen molar-refractivity contribution in [3.05, 3.63) is 51.7 Å². The van der Waals surface area contributed by atoms with E-state index in [9.17, 15) is 10.1 Å². The lowest BCUT2D eigenvalue weighted by molar-refractivity contribution is -0.384. The van der Waals surface area contributed by atoms with E-state index in [1.54, 1.807) is 11.7 Å². The van der Waals surface area contributed by atoms with E-state index >= 15 is 0 Å². The van der Waals surface area contributed by atoms with Crippen molar-refractivity contribution < 1.29 is 4.92 Å². The molecule has 1 aliphatic heterocycles. The zero-order chi connectivity index (χ0) is 17.8. The molecule has 1 unspecified atom stereocenters. The highest BCUT2D eigenvalue weighted by Gasteiger charge is 2.28. The molecule has 0 amide bonds. The zero-order valence-corrected chi connectivity index (χ0v) is 14.8. The predicted octanol–water partition coefficient (Wildman–Crippen LogP) is 3.14. The SMILES string of the molecule is CCc1nn(C)c(NCC(c2ccccc2)N2CCCC2)c1[N+](=O)[O-]. The molecule has 1 saturated heterocycles. The second-order valence-corrected chi connectivity index (χ2v) is 6.43. The predicted molar refractivity (Wildman–Crippen MR) is 97.7 cm³/mol. The molecule has 0 spiro atoms. The van der Waals surface area contributed by atoms with E-state index in [1.807, 2.05) is 25.1 Å². The molecular weight excluding hydrogens is 318 g/mol. The zero-order valence-electron chi connectivity index (χ0n) is 14.8. The quantitative estimate of drug-likeness (QED) is 0.617. The van der Waals surface area contributed by atoms with Crippen LogP contribution in [0.15, 0.2) is 30.3 Å². The minimum atomic E-state index is -0.332. The molecule has 7 heteroatoms. The summed E-state index contributed by atoms with van der Waals surface area (Å²) in [5, 5.41) is 19.1. The summed E-state index contributed by atoms with van der Waals surface area (Å²) in [6.07, 6.45) is 2.95. The molecule has 0 radical (unpaired) electrons. The highest BCUT2D eigenvalue weighted by atomic mass is 16.6. The number of nitro groups is 1. The Kier molecular flexibility index (Phi) is 5.33. The Hall–Kier alpha value is -2.41. The largest absolute Gasteiger partial charge is 0.363 e. The molecule has 1 fully saturated rings. The lowest BCUT2D eigenvalue weighted by Crippen LogP contribution is -2.31. The van der Waals surface area contributed by atoms with E-state index in [4.69, 9.17) is 0 Å². The molecular formula is C18H25N5O2. The monoisotopic (exact) mass is 343 g/mol. The Bertz CT molecular complexity index is 723. The highest BCUT2D eigenvalue weighted by molar-refractivity contribution is 5.60. The molecule has 3 rings (SSSR count). The van der Waals surface area contributed by atoms with Gasteiger partial charge in [0.1, 0.15) is 5.69 Å². The molecule has 2 heterocycles.